The van der Waals surface area contributed by atoms with Crippen LogP contribution in [0.1, 0.15) is 17.3 Å². The maximum absolute atomic E-state index is 12.9. The van der Waals surface area contributed by atoms with E-state index < -0.39 is 15.7 Å². The van der Waals surface area contributed by atoms with E-state index in [2.05, 4.69) is 4.99 Å². The second kappa shape index (κ2) is 8.89. The van der Waals surface area contributed by atoms with Crippen molar-refractivity contribution in [1.82, 2.24) is 4.57 Å². The lowest BCUT2D eigenvalue weighted by Gasteiger charge is -2.07. The van der Waals surface area contributed by atoms with Crippen LogP contribution in [0, 0.1) is 0 Å². The molecule has 0 aliphatic heterocycles. The van der Waals surface area contributed by atoms with Crippen LogP contribution in [0.3, 0.4) is 0 Å². The number of hydrogen-bond acceptors (Lipinski definition) is 6. The number of benzene rings is 2. The van der Waals surface area contributed by atoms with E-state index in [1.807, 2.05) is 22.8 Å². The highest BCUT2D eigenvalue weighted by atomic mass is 32.2. The van der Waals surface area contributed by atoms with Crippen LogP contribution < -0.4 is 9.54 Å². The first-order valence-corrected chi connectivity index (χ1v) is 11.4. The number of rotatable bonds is 7. The molecule has 9 heteroatoms. The Kier molecular flexibility index (Phi) is 6.51. The van der Waals surface area contributed by atoms with Crippen molar-refractivity contribution in [3.63, 3.8) is 0 Å². The summed E-state index contributed by atoms with van der Waals surface area (Å²) in [5.74, 6) is 0.0191. The molecule has 0 unspecified atom stereocenters. The number of thiazole rings is 1. The summed E-state index contributed by atoms with van der Waals surface area (Å²) in [6, 6.07) is 11.8. The maximum Gasteiger partial charge on any atom is 0.280 e. The Hall–Kier alpha value is -2.49. The van der Waals surface area contributed by atoms with E-state index in [-0.39, 0.29) is 16.2 Å². The molecule has 0 saturated carbocycles. The van der Waals surface area contributed by atoms with Gasteiger partial charge in [-0.25, -0.2) is 8.42 Å². The van der Waals surface area contributed by atoms with Crippen LogP contribution in [0.5, 0.6) is 5.75 Å². The molecule has 0 N–H and O–H groups in total. The maximum atomic E-state index is 12.9. The summed E-state index contributed by atoms with van der Waals surface area (Å²) in [6.07, 6.45) is 0. The molecule has 1 heterocycles. The number of aromatic nitrogens is 1. The van der Waals surface area contributed by atoms with Gasteiger partial charge in [0.2, 0.25) is 0 Å². The summed E-state index contributed by atoms with van der Waals surface area (Å²) < 4.78 is 38.0. The Bertz CT molecular complexity index is 1210. The summed E-state index contributed by atoms with van der Waals surface area (Å²) in [7, 11) is -0.351. The molecule has 1 amide bonds. The standard InChI is InChI=1S/C20H22N2O5S2/c1-4-29(24,25)18-8-6-5-7-15(18)19(23)21-20-22(11-12-26-2)16-10-9-14(27-3)13-17(16)28-20/h5-10,13H,4,11-12H2,1-3H3. The first-order valence-electron chi connectivity index (χ1n) is 8.98. The third-order valence-electron chi connectivity index (χ3n) is 4.44. The SMILES string of the molecule is CCS(=O)(=O)c1ccccc1C(=O)N=c1sc2cc(OC)ccc2n1CCOC. The van der Waals surface area contributed by atoms with Gasteiger partial charge in [0.1, 0.15) is 5.75 Å². The van der Waals surface area contributed by atoms with E-state index in [1.165, 1.54) is 23.5 Å². The van der Waals surface area contributed by atoms with E-state index in [4.69, 9.17) is 9.47 Å². The molecule has 154 valence electrons. The van der Waals surface area contributed by atoms with Crippen LogP contribution >= 0.6 is 11.3 Å². The number of nitrogens with zero attached hydrogens (tertiary/aromatic N) is 2. The molecule has 0 aliphatic carbocycles. The van der Waals surface area contributed by atoms with Crippen LogP contribution in [-0.4, -0.2) is 45.5 Å². The molecule has 0 spiro atoms. The highest BCUT2D eigenvalue weighted by molar-refractivity contribution is 7.91. The van der Waals surface area contributed by atoms with E-state index in [1.54, 1.807) is 33.3 Å². The number of sulfone groups is 1. The largest absolute Gasteiger partial charge is 0.497 e. The number of carbonyl (C=O) groups excluding carboxylic acids is 1. The van der Waals surface area contributed by atoms with Crippen molar-refractivity contribution in [1.29, 1.82) is 0 Å². The molecule has 0 aliphatic rings. The number of carbonyl (C=O) groups is 1. The average molecular weight is 435 g/mol. The van der Waals surface area contributed by atoms with E-state index in [0.29, 0.717) is 23.7 Å². The summed E-state index contributed by atoms with van der Waals surface area (Å²) in [5, 5.41) is 0. The van der Waals surface area contributed by atoms with E-state index in [0.717, 1.165) is 10.2 Å². The monoisotopic (exact) mass is 434 g/mol. The van der Waals surface area contributed by atoms with Crippen LogP contribution in [0.15, 0.2) is 52.4 Å². The first-order chi connectivity index (χ1) is 13.9. The zero-order valence-electron chi connectivity index (χ0n) is 16.4. The van der Waals surface area contributed by atoms with Crippen molar-refractivity contribution in [2.24, 2.45) is 4.99 Å². The van der Waals surface area contributed by atoms with Gasteiger partial charge in [0.05, 0.1) is 40.1 Å². The highest BCUT2D eigenvalue weighted by Gasteiger charge is 2.20. The van der Waals surface area contributed by atoms with Crippen molar-refractivity contribution in [2.45, 2.75) is 18.4 Å². The number of ether oxygens (including phenoxy) is 2. The van der Waals surface area contributed by atoms with Crippen LogP contribution in [0.4, 0.5) is 0 Å². The quantitative estimate of drug-likeness (QED) is 0.571. The lowest BCUT2D eigenvalue weighted by molar-refractivity contribution is 0.0994. The first kappa shape index (κ1) is 21.2. The van der Waals surface area contributed by atoms with Gasteiger partial charge in [-0.2, -0.15) is 4.99 Å². The topological polar surface area (TPSA) is 87.0 Å². The van der Waals surface area contributed by atoms with Crippen molar-refractivity contribution >= 4 is 37.3 Å². The van der Waals surface area contributed by atoms with E-state index in [9.17, 15) is 13.2 Å². The number of hydrogen-bond donors (Lipinski definition) is 0. The van der Waals surface area contributed by atoms with Crippen molar-refractivity contribution in [3.05, 3.63) is 52.8 Å². The zero-order chi connectivity index (χ0) is 21.0. The van der Waals surface area contributed by atoms with Gasteiger partial charge in [0, 0.05) is 13.7 Å². The molecule has 29 heavy (non-hydrogen) atoms. The fraction of sp³-hybridized carbons (Fsp3) is 0.300. The fourth-order valence-corrected chi connectivity index (χ4v) is 5.05. The van der Waals surface area contributed by atoms with Crippen LogP contribution in [-0.2, 0) is 21.1 Å². The average Bonchev–Trinajstić information content (AvgIpc) is 3.07. The lowest BCUT2D eigenvalue weighted by Crippen LogP contribution is -2.20. The molecule has 0 bridgehead atoms. The molecular weight excluding hydrogens is 412 g/mol. The summed E-state index contributed by atoms with van der Waals surface area (Å²) in [6.45, 7) is 2.50. The molecule has 7 nitrogen and oxygen atoms in total. The highest BCUT2D eigenvalue weighted by Crippen LogP contribution is 2.24. The predicted octanol–water partition coefficient (Wildman–Crippen LogP) is 2.89. The predicted molar refractivity (Wildman–Crippen MR) is 112 cm³/mol. The molecule has 3 aromatic rings. The lowest BCUT2D eigenvalue weighted by atomic mass is 10.2. The Morgan fingerprint density at radius 2 is 1.93 bits per heavy atom. The molecule has 1 aromatic heterocycles. The minimum absolute atomic E-state index is 0.00229. The minimum atomic E-state index is -3.54. The van der Waals surface area contributed by atoms with Crippen LogP contribution in [0.25, 0.3) is 10.2 Å². The Morgan fingerprint density at radius 1 is 1.17 bits per heavy atom. The van der Waals surface area contributed by atoms with Gasteiger partial charge >= 0.3 is 0 Å². The van der Waals surface area contributed by atoms with Crippen molar-refractivity contribution < 1.29 is 22.7 Å². The fourth-order valence-electron chi connectivity index (χ4n) is 2.88. The zero-order valence-corrected chi connectivity index (χ0v) is 18.0. The van der Waals surface area contributed by atoms with Gasteiger partial charge in [0.15, 0.2) is 14.6 Å². The van der Waals surface area contributed by atoms with Gasteiger partial charge < -0.3 is 14.0 Å². The van der Waals surface area contributed by atoms with Gasteiger partial charge in [-0.3, -0.25) is 4.79 Å². The van der Waals surface area contributed by atoms with Gasteiger partial charge in [-0.05, 0) is 30.3 Å². The molecule has 0 radical (unpaired) electrons. The third kappa shape index (κ3) is 4.42. The van der Waals surface area contributed by atoms with Gasteiger partial charge in [0.25, 0.3) is 5.91 Å². The second-order valence-electron chi connectivity index (χ2n) is 6.18. The normalized spacial score (nSPS) is 12.4. The molecule has 0 atom stereocenters. The molecule has 0 fully saturated rings. The number of amides is 1. The van der Waals surface area contributed by atoms with Crippen molar-refractivity contribution in [3.8, 4) is 5.75 Å². The second-order valence-corrected chi connectivity index (χ2v) is 9.44. The van der Waals surface area contributed by atoms with Crippen molar-refractivity contribution in [2.75, 3.05) is 26.6 Å². The molecule has 3 rings (SSSR count). The van der Waals surface area contributed by atoms with Gasteiger partial charge in [-0.1, -0.05) is 30.4 Å². The third-order valence-corrected chi connectivity index (χ3v) is 7.27. The Labute approximate surface area is 173 Å². The Balaban J connectivity index is 2.16. The molecule has 0 saturated heterocycles. The van der Waals surface area contributed by atoms with E-state index >= 15 is 0 Å². The van der Waals surface area contributed by atoms with Crippen LogP contribution in [0.2, 0.25) is 0 Å². The smallest absolute Gasteiger partial charge is 0.280 e. The number of fused-ring (bicyclic) bond motifs is 1. The molecule has 2 aromatic carbocycles. The summed E-state index contributed by atoms with van der Waals surface area (Å²) in [5.41, 5.74) is 0.969. The Morgan fingerprint density at radius 3 is 2.62 bits per heavy atom. The molecular formula is C20H22N2O5S2. The minimum Gasteiger partial charge on any atom is -0.497 e. The number of methoxy groups -OCH3 is 2. The summed E-state index contributed by atoms with van der Waals surface area (Å²) >= 11 is 1.34. The van der Waals surface area contributed by atoms with Gasteiger partial charge in [-0.15, -0.1) is 0 Å². The summed E-state index contributed by atoms with van der Waals surface area (Å²) in [4.78, 5) is 17.7.